The Morgan fingerprint density at radius 1 is 1.70 bits per heavy atom. The predicted molar refractivity (Wildman–Crippen MR) is 55.3 cm³/mol. The minimum Gasteiger partial charge on any atom is -0.134 e. The van der Waals surface area contributed by atoms with Crippen molar-refractivity contribution >= 4 is 16.5 Å². The van der Waals surface area contributed by atoms with Crippen molar-refractivity contribution in [1.82, 2.24) is 0 Å². The van der Waals surface area contributed by atoms with E-state index >= 15 is 0 Å². The highest BCUT2D eigenvalue weighted by Crippen LogP contribution is 2.18. The van der Waals surface area contributed by atoms with E-state index in [-0.39, 0.29) is 0 Å². The molecule has 0 aromatic carbocycles. The van der Waals surface area contributed by atoms with Crippen LogP contribution in [0.3, 0.4) is 0 Å². The fourth-order valence-electron chi connectivity index (χ4n) is 1.04. The summed E-state index contributed by atoms with van der Waals surface area (Å²) in [5.74, 6) is 0.699. The molecule has 0 rings (SSSR count). The molecule has 0 bridgehead atoms. The molecular formula is C8H18BP. The summed E-state index contributed by atoms with van der Waals surface area (Å²) in [4.78, 5) is 0. The summed E-state index contributed by atoms with van der Waals surface area (Å²) in [6.45, 7) is 8.28. The lowest BCUT2D eigenvalue weighted by Gasteiger charge is -2.14. The second-order valence-electron chi connectivity index (χ2n) is 2.90. The van der Waals surface area contributed by atoms with Gasteiger partial charge in [-0.1, -0.05) is 32.6 Å². The average Bonchev–Trinajstić information content (AvgIpc) is 1.89. The first-order chi connectivity index (χ1) is 4.72. The van der Waals surface area contributed by atoms with Gasteiger partial charge in [-0.3, -0.25) is 0 Å². The molecule has 0 aliphatic rings. The first kappa shape index (κ1) is 10.2. The molecule has 0 N–H and O–H groups in total. The van der Waals surface area contributed by atoms with Crippen LogP contribution in [0, 0.1) is 5.92 Å². The summed E-state index contributed by atoms with van der Waals surface area (Å²) in [7, 11) is 4.13. The molecule has 3 atom stereocenters. The van der Waals surface area contributed by atoms with Gasteiger partial charge in [0.05, 0.1) is 0 Å². The lowest BCUT2D eigenvalue weighted by atomic mass is 9.74. The molecule has 0 aromatic rings. The van der Waals surface area contributed by atoms with Crippen molar-refractivity contribution in [3.05, 3.63) is 12.7 Å². The molecule has 0 radical (unpaired) electrons. The van der Waals surface area contributed by atoms with E-state index in [0.717, 1.165) is 0 Å². The van der Waals surface area contributed by atoms with E-state index in [9.17, 15) is 0 Å². The first-order valence-electron chi connectivity index (χ1n) is 4.10. The van der Waals surface area contributed by atoms with Gasteiger partial charge in [-0.25, -0.2) is 0 Å². The van der Waals surface area contributed by atoms with Crippen LogP contribution in [0.5, 0.6) is 0 Å². The zero-order valence-corrected chi connectivity index (χ0v) is 8.29. The third-order valence-corrected chi connectivity index (χ3v) is 2.36. The van der Waals surface area contributed by atoms with E-state index in [4.69, 9.17) is 0 Å². The summed E-state index contributed by atoms with van der Waals surface area (Å²) >= 11 is 0. The Labute approximate surface area is 67.9 Å². The quantitative estimate of drug-likeness (QED) is 0.325. The monoisotopic (exact) mass is 156 g/mol. The summed E-state index contributed by atoms with van der Waals surface area (Å²) in [6.07, 6.45) is 4.70. The fraction of sp³-hybridized carbons (Fsp3) is 0.750. The van der Waals surface area contributed by atoms with Gasteiger partial charge >= 0.3 is 0 Å². The van der Waals surface area contributed by atoms with E-state index in [0.29, 0.717) is 11.6 Å². The van der Waals surface area contributed by atoms with Gasteiger partial charge in [0.15, 0.2) is 0 Å². The number of allylic oxidation sites excluding steroid dienone is 1. The topological polar surface area (TPSA) is 0 Å². The van der Waals surface area contributed by atoms with Crippen LogP contribution in [0.25, 0.3) is 0 Å². The minimum absolute atomic E-state index is 0.684. The average molecular weight is 156 g/mol. The maximum atomic E-state index is 3.82. The minimum atomic E-state index is 0.684. The van der Waals surface area contributed by atoms with Gasteiger partial charge in [0.2, 0.25) is 0 Å². The Morgan fingerprint density at radius 2 is 2.30 bits per heavy atom. The molecule has 0 nitrogen and oxygen atoms in total. The summed E-state index contributed by atoms with van der Waals surface area (Å²) in [5, 5.41) is 0. The van der Waals surface area contributed by atoms with Crippen LogP contribution in [0.2, 0.25) is 13.1 Å². The van der Waals surface area contributed by atoms with E-state index < -0.39 is 0 Å². The standard InChI is InChI=1S/C8H18BP/c1-4-8(7(2)10)5-6-9-3/h4,7-9H,1,5-6,10H2,2-3H3. The molecule has 0 spiro atoms. The highest BCUT2D eigenvalue weighted by atomic mass is 31.0. The van der Waals surface area contributed by atoms with Crippen LogP contribution >= 0.6 is 9.24 Å². The number of hydrogen-bond donors (Lipinski definition) is 0. The van der Waals surface area contributed by atoms with E-state index in [2.05, 4.69) is 35.6 Å². The number of hydrogen-bond acceptors (Lipinski definition) is 0. The van der Waals surface area contributed by atoms with Gasteiger partial charge in [-0.15, -0.1) is 15.8 Å². The SMILES string of the molecule is C=CC(CCBC)C(C)P. The largest absolute Gasteiger partial charge is 0.134 e. The third-order valence-electron chi connectivity index (χ3n) is 1.87. The van der Waals surface area contributed by atoms with Crippen LogP contribution in [-0.4, -0.2) is 12.9 Å². The normalized spacial score (nSPS) is 15.9. The Morgan fingerprint density at radius 3 is 2.60 bits per heavy atom. The summed E-state index contributed by atoms with van der Waals surface area (Å²) in [6, 6.07) is 0. The van der Waals surface area contributed by atoms with E-state index in [1.807, 2.05) is 0 Å². The second kappa shape index (κ2) is 5.98. The number of rotatable bonds is 5. The summed E-state index contributed by atoms with van der Waals surface area (Å²) in [5.41, 5.74) is 0.684. The molecule has 0 saturated carbocycles. The van der Waals surface area contributed by atoms with Crippen molar-refractivity contribution in [2.24, 2.45) is 5.92 Å². The lowest BCUT2D eigenvalue weighted by Crippen LogP contribution is -2.07. The molecule has 0 aliphatic carbocycles. The summed E-state index contributed by atoms with van der Waals surface area (Å²) < 4.78 is 0. The van der Waals surface area contributed by atoms with Gasteiger partial charge in [0.1, 0.15) is 7.28 Å². The van der Waals surface area contributed by atoms with Crippen molar-refractivity contribution in [3.8, 4) is 0 Å². The van der Waals surface area contributed by atoms with Gasteiger partial charge in [0.25, 0.3) is 0 Å². The van der Waals surface area contributed by atoms with Crippen LogP contribution < -0.4 is 0 Å². The van der Waals surface area contributed by atoms with Crippen molar-refractivity contribution in [3.63, 3.8) is 0 Å². The van der Waals surface area contributed by atoms with Gasteiger partial charge < -0.3 is 0 Å². The van der Waals surface area contributed by atoms with Crippen LogP contribution in [0.1, 0.15) is 13.3 Å². The fourth-order valence-corrected chi connectivity index (χ4v) is 1.38. The molecule has 0 aliphatic heterocycles. The van der Waals surface area contributed by atoms with Crippen LogP contribution in [-0.2, 0) is 0 Å². The van der Waals surface area contributed by atoms with Crippen LogP contribution in [0.4, 0.5) is 0 Å². The lowest BCUT2D eigenvalue weighted by molar-refractivity contribution is 0.620. The Kier molecular flexibility index (Phi) is 6.12. The second-order valence-corrected chi connectivity index (χ2v) is 3.95. The molecule has 10 heavy (non-hydrogen) atoms. The smallest absolute Gasteiger partial charge is 0.117 e. The molecular weight excluding hydrogens is 138 g/mol. The predicted octanol–water partition coefficient (Wildman–Crippen LogP) is 2.35. The van der Waals surface area contributed by atoms with Crippen molar-refractivity contribution in [1.29, 1.82) is 0 Å². The Hall–Kier alpha value is 0.235. The van der Waals surface area contributed by atoms with Crippen LogP contribution in [0.15, 0.2) is 12.7 Å². The molecule has 0 amide bonds. The highest BCUT2D eigenvalue weighted by molar-refractivity contribution is 7.17. The first-order valence-corrected chi connectivity index (χ1v) is 4.77. The molecule has 3 unspecified atom stereocenters. The van der Waals surface area contributed by atoms with E-state index in [1.165, 1.54) is 20.0 Å². The molecule has 2 heteroatoms. The van der Waals surface area contributed by atoms with Crippen molar-refractivity contribution in [2.75, 3.05) is 0 Å². The third kappa shape index (κ3) is 4.11. The Bertz CT molecular complexity index is 91.3. The van der Waals surface area contributed by atoms with Gasteiger partial charge in [0, 0.05) is 0 Å². The maximum absolute atomic E-state index is 3.82. The zero-order chi connectivity index (χ0) is 7.98. The highest BCUT2D eigenvalue weighted by Gasteiger charge is 2.07. The van der Waals surface area contributed by atoms with Crippen molar-refractivity contribution < 1.29 is 0 Å². The van der Waals surface area contributed by atoms with E-state index in [1.54, 1.807) is 0 Å². The zero-order valence-electron chi connectivity index (χ0n) is 7.14. The Balaban J connectivity index is 3.50. The van der Waals surface area contributed by atoms with Gasteiger partial charge in [-0.2, -0.15) is 0 Å². The van der Waals surface area contributed by atoms with Crippen molar-refractivity contribution in [2.45, 2.75) is 32.1 Å². The van der Waals surface area contributed by atoms with Gasteiger partial charge in [-0.05, 0) is 11.6 Å². The maximum Gasteiger partial charge on any atom is 0.117 e. The molecule has 0 heterocycles. The molecule has 0 saturated heterocycles. The molecule has 58 valence electrons. The molecule has 0 aromatic heterocycles. The molecule has 0 fully saturated rings.